The molecule has 2 heterocycles. The van der Waals surface area contributed by atoms with Crippen molar-refractivity contribution in [2.24, 2.45) is 0 Å². The molecular weight excluding hydrogens is 302 g/mol. The van der Waals surface area contributed by atoms with Crippen molar-refractivity contribution in [1.29, 1.82) is 0 Å². The number of aryl methyl sites for hydroxylation is 2. The molecule has 0 radical (unpaired) electrons. The van der Waals surface area contributed by atoms with E-state index in [1.807, 2.05) is 11.3 Å². The number of thiazole rings is 1. The zero-order valence-corrected chi connectivity index (χ0v) is 14.4. The number of hydrogen-bond donors (Lipinski definition) is 0. The second kappa shape index (κ2) is 5.85. The molecule has 1 aliphatic heterocycles. The van der Waals surface area contributed by atoms with Gasteiger partial charge in [0, 0.05) is 31.9 Å². The van der Waals surface area contributed by atoms with Crippen LogP contribution >= 0.6 is 11.3 Å². The lowest BCUT2D eigenvalue weighted by Gasteiger charge is -2.35. The second-order valence-electron chi connectivity index (χ2n) is 6.24. The van der Waals surface area contributed by atoms with Crippen molar-refractivity contribution in [3.05, 3.63) is 53.6 Å². The van der Waals surface area contributed by atoms with E-state index in [1.165, 1.54) is 26.6 Å². The summed E-state index contributed by atoms with van der Waals surface area (Å²) < 4.78 is 1.33. The summed E-state index contributed by atoms with van der Waals surface area (Å²) in [5.41, 5.74) is 5.10. The van der Waals surface area contributed by atoms with E-state index in [9.17, 15) is 0 Å². The van der Waals surface area contributed by atoms with Gasteiger partial charge in [-0.1, -0.05) is 35.6 Å². The van der Waals surface area contributed by atoms with Crippen LogP contribution in [0, 0.1) is 13.8 Å². The van der Waals surface area contributed by atoms with Crippen molar-refractivity contribution in [3.63, 3.8) is 0 Å². The number of hydrogen-bond acceptors (Lipinski definition) is 4. The number of fused-ring (bicyclic) bond motifs is 1. The van der Waals surface area contributed by atoms with Crippen LogP contribution in [0.5, 0.6) is 0 Å². The average molecular weight is 323 g/mol. The molecule has 4 heteroatoms. The van der Waals surface area contributed by atoms with Crippen molar-refractivity contribution in [2.75, 3.05) is 36.0 Å². The van der Waals surface area contributed by atoms with Crippen LogP contribution in [0.1, 0.15) is 11.1 Å². The van der Waals surface area contributed by atoms with E-state index in [-0.39, 0.29) is 0 Å². The van der Waals surface area contributed by atoms with Crippen molar-refractivity contribution < 1.29 is 0 Å². The van der Waals surface area contributed by atoms with E-state index in [2.05, 4.69) is 66.1 Å². The highest BCUT2D eigenvalue weighted by molar-refractivity contribution is 7.22. The van der Waals surface area contributed by atoms with Crippen LogP contribution < -0.4 is 9.80 Å². The molecule has 0 amide bonds. The quantitative estimate of drug-likeness (QED) is 0.703. The van der Waals surface area contributed by atoms with Crippen LogP contribution in [0.4, 0.5) is 10.8 Å². The van der Waals surface area contributed by atoms with E-state index in [1.54, 1.807) is 0 Å². The molecule has 23 heavy (non-hydrogen) atoms. The van der Waals surface area contributed by atoms with Gasteiger partial charge in [0.1, 0.15) is 0 Å². The van der Waals surface area contributed by atoms with Crippen LogP contribution in [0.2, 0.25) is 0 Å². The Labute approximate surface area is 141 Å². The summed E-state index contributed by atoms with van der Waals surface area (Å²) in [7, 11) is 0. The molecule has 0 saturated carbocycles. The lowest BCUT2D eigenvalue weighted by atomic mass is 10.1. The number of nitrogens with zero attached hydrogens (tertiary/aromatic N) is 3. The van der Waals surface area contributed by atoms with Gasteiger partial charge in [-0.15, -0.1) is 0 Å². The molecule has 0 unspecified atom stereocenters. The molecule has 0 spiro atoms. The predicted octanol–water partition coefficient (Wildman–Crippen LogP) is 4.24. The topological polar surface area (TPSA) is 19.4 Å². The van der Waals surface area contributed by atoms with Crippen LogP contribution in [-0.4, -0.2) is 31.2 Å². The van der Waals surface area contributed by atoms with Crippen molar-refractivity contribution >= 4 is 32.4 Å². The van der Waals surface area contributed by atoms with Gasteiger partial charge in [0.05, 0.1) is 10.2 Å². The summed E-state index contributed by atoms with van der Waals surface area (Å²) >= 11 is 1.83. The molecule has 0 aliphatic carbocycles. The van der Waals surface area contributed by atoms with Crippen molar-refractivity contribution in [1.82, 2.24) is 4.98 Å². The first kappa shape index (κ1) is 14.5. The Balaban J connectivity index is 1.53. The third kappa shape index (κ3) is 2.79. The molecule has 3 aromatic rings. The number of rotatable bonds is 2. The Morgan fingerprint density at radius 1 is 0.913 bits per heavy atom. The molecule has 1 aliphatic rings. The third-order valence-corrected chi connectivity index (χ3v) is 5.75. The van der Waals surface area contributed by atoms with E-state index in [4.69, 9.17) is 4.98 Å². The van der Waals surface area contributed by atoms with Gasteiger partial charge in [0.15, 0.2) is 5.13 Å². The van der Waals surface area contributed by atoms with Crippen molar-refractivity contribution in [3.8, 4) is 0 Å². The number of para-hydroxylation sites is 1. The third-order valence-electron chi connectivity index (χ3n) is 4.48. The molecule has 1 fully saturated rings. The Morgan fingerprint density at radius 3 is 2.35 bits per heavy atom. The van der Waals surface area contributed by atoms with Crippen LogP contribution in [-0.2, 0) is 0 Å². The van der Waals surface area contributed by atoms with Gasteiger partial charge in [-0.25, -0.2) is 4.98 Å². The first-order valence-corrected chi connectivity index (χ1v) is 8.95. The summed E-state index contributed by atoms with van der Waals surface area (Å²) in [6.07, 6.45) is 0. The summed E-state index contributed by atoms with van der Waals surface area (Å²) in [4.78, 5) is 9.77. The highest BCUT2D eigenvalue weighted by atomic mass is 32.1. The summed E-state index contributed by atoms with van der Waals surface area (Å²) in [6, 6.07) is 15.1. The Bertz CT molecular complexity index is 817. The molecule has 0 bridgehead atoms. The van der Waals surface area contributed by atoms with Gasteiger partial charge in [0.25, 0.3) is 0 Å². The van der Waals surface area contributed by atoms with E-state index >= 15 is 0 Å². The lowest BCUT2D eigenvalue weighted by molar-refractivity contribution is 0.652. The SMILES string of the molecule is Cc1cc(C)c2sc(N3CCN(c4ccccc4)CC3)nc2c1. The summed E-state index contributed by atoms with van der Waals surface area (Å²) in [5, 5.41) is 1.17. The smallest absolute Gasteiger partial charge is 0.186 e. The Kier molecular flexibility index (Phi) is 3.69. The molecule has 4 rings (SSSR count). The van der Waals surface area contributed by atoms with Crippen LogP contribution in [0.15, 0.2) is 42.5 Å². The first-order valence-electron chi connectivity index (χ1n) is 8.13. The minimum Gasteiger partial charge on any atom is -0.368 e. The van der Waals surface area contributed by atoms with E-state index in [0.29, 0.717) is 0 Å². The van der Waals surface area contributed by atoms with Gasteiger partial charge in [-0.2, -0.15) is 0 Å². The molecule has 0 N–H and O–H groups in total. The van der Waals surface area contributed by atoms with Gasteiger partial charge in [-0.3, -0.25) is 0 Å². The van der Waals surface area contributed by atoms with Crippen LogP contribution in [0.3, 0.4) is 0 Å². The maximum Gasteiger partial charge on any atom is 0.186 e. The molecule has 1 saturated heterocycles. The van der Waals surface area contributed by atoms with Gasteiger partial charge in [0.2, 0.25) is 0 Å². The molecule has 3 nitrogen and oxygen atoms in total. The summed E-state index contributed by atoms with van der Waals surface area (Å²) in [5.74, 6) is 0. The number of anilines is 2. The molecule has 118 valence electrons. The first-order chi connectivity index (χ1) is 11.2. The van der Waals surface area contributed by atoms with Gasteiger partial charge >= 0.3 is 0 Å². The maximum absolute atomic E-state index is 4.88. The molecule has 0 atom stereocenters. The molecule has 1 aromatic heterocycles. The normalized spacial score (nSPS) is 15.4. The van der Waals surface area contributed by atoms with E-state index in [0.717, 1.165) is 31.7 Å². The number of piperazine rings is 1. The molecule has 2 aromatic carbocycles. The minimum absolute atomic E-state index is 1.03. The average Bonchev–Trinajstić information content (AvgIpc) is 3.00. The monoisotopic (exact) mass is 323 g/mol. The highest BCUT2D eigenvalue weighted by Gasteiger charge is 2.20. The van der Waals surface area contributed by atoms with Gasteiger partial charge in [-0.05, 0) is 43.2 Å². The largest absolute Gasteiger partial charge is 0.368 e. The predicted molar refractivity (Wildman–Crippen MR) is 100.0 cm³/mol. The fraction of sp³-hybridized carbons (Fsp3) is 0.316. The Morgan fingerprint density at radius 2 is 1.61 bits per heavy atom. The maximum atomic E-state index is 4.88. The highest BCUT2D eigenvalue weighted by Crippen LogP contribution is 2.32. The van der Waals surface area contributed by atoms with E-state index < -0.39 is 0 Å². The standard InChI is InChI=1S/C19H21N3S/c1-14-12-15(2)18-17(13-14)20-19(23-18)22-10-8-21(9-11-22)16-6-4-3-5-7-16/h3-7,12-13H,8-11H2,1-2H3. The van der Waals surface area contributed by atoms with Gasteiger partial charge < -0.3 is 9.80 Å². The summed E-state index contributed by atoms with van der Waals surface area (Å²) in [6.45, 7) is 8.50. The number of aromatic nitrogens is 1. The number of benzene rings is 2. The van der Waals surface area contributed by atoms with Crippen molar-refractivity contribution in [2.45, 2.75) is 13.8 Å². The zero-order valence-electron chi connectivity index (χ0n) is 13.6. The zero-order chi connectivity index (χ0) is 15.8. The fourth-order valence-corrected chi connectivity index (χ4v) is 4.36. The second-order valence-corrected chi connectivity index (χ2v) is 7.21. The van der Waals surface area contributed by atoms with Crippen LogP contribution in [0.25, 0.3) is 10.2 Å². The lowest BCUT2D eigenvalue weighted by Crippen LogP contribution is -2.46. The molecular formula is C19H21N3S. The minimum atomic E-state index is 1.03. The fourth-order valence-electron chi connectivity index (χ4n) is 3.29. The Hall–Kier alpha value is -2.07.